The van der Waals surface area contributed by atoms with Gasteiger partial charge in [-0.15, -0.1) is 11.3 Å². The number of ether oxygens (including phenoxy) is 1. The molecule has 0 radical (unpaired) electrons. The first-order valence-corrected chi connectivity index (χ1v) is 6.50. The largest absolute Gasteiger partial charge is 0.461 e. The molecule has 0 unspecified atom stereocenters. The van der Waals surface area contributed by atoms with Gasteiger partial charge in [0.2, 0.25) is 0 Å². The molecule has 96 valence electrons. The van der Waals surface area contributed by atoms with Crippen molar-refractivity contribution >= 4 is 28.1 Å². The lowest BCUT2D eigenvalue weighted by Gasteiger charge is -2.01. The summed E-state index contributed by atoms with van der Waals surface area (Å²) in [4.78, 5) is 15.6. The molecule has 0 aliphatic rings. The lowest BCUT2D eigenvalue weighted by molar-refractivity contribution is 0.0520. The monoisotopic (exact) mass is 273 g/mol. The van der Waals surface area contributed by atoms with Crippen LogP contribution in [0.4, 0.5) is 10.8 Å². The van der Waals surface area contributed by atoms with Gasteiger partial charge in [-0.05, 0) is 31.2 Å². The van der Waals surface area contributed by atoms with Crippen molar-refractivity contribution in [2.24, 2.45) is 0 Å². The molecule has 0 aliphatic carbocycles. The molecule has 19 heavy (non-hydrogen) atoms. The molecule has 1 heterocycles. The molecular formula is C13H11N3O2S. The van der Waals surface area contributed by atoms with Gasteiger partial charge in [-0.1, -0.05) is 0 Å². The Morgan fingerprint density at radius 3 is 2.84 bits per heavy atom. The molecule has 6 heteroatoms. The van der Waals surface area contributed by atoms with Crippen LogP contribution in [0.2, 0.25) is 0 Å². The van der Waals surface area contributed by atoms with E-state index >= 15 is 0 Å². The van der Waals surface area contributed by atoms with Crippen LogP contribution in [0.3, 0.4) is 0 Å². The number of nitrogens with one attached hydrogen (secondary N) is 1. The Morgan fingerprint density at radius 1 is 1.47 bits per heavy atom. The van der Waals surface area contributed by atoms with E-state index in [0.29, 0.717) is 23.0 Å². The standard InChI is InChI=1S/C13H11N3O2S/c1-2-18-12(17)11-8-19-13(16-11)15-10-5-3-9(7-14)4-6-10/h3-6,8H,2H2,1H3,(H,15,16). The van der Waals surface area contributed by atoms with E-state index in [1.165, 1.54) is 11.3 Å². The third-order valence-electron chi connectivity index (χ3n) is 2.25. The zero-order valence-corrected chi connectivity index (χ0v) is 11.0. The van der Waals surface area contributed by atoms with Crippen LogP contribution in [0.15, 0.2) is 29.6 Å². The van der Waals surface area contributed by atoms with E-state index in [4.69, 9.17) is 10.00 Å². The van der Waals surface area contributed by atoms with Crippen molar-refractivity contribution in [1.82, 2.24) is 4.98 Å². The number of hydrogen-bond donors (Lipinski definition) is 1. The van der Waals surface area contributed by atoms with E-state index in [0.717, 1.165) is 5.69 Å². The summed E-state index contributed by atoms with van der Waals surface area (Å²) < 4.78 is 4.86. The Kier molecular flexibility index (Phi) is 4.11. The van der Waals surface area contributed by atoms with Gasteiger partial charge < -0.3 is 10.1 Å². The maximum Gasteiger partial charge on any atom is 0.357 e. The molecule has 0 amide bonds. The van der Waals surface area contributed by atoms with E-state index in [1.54, 1.807) is 36.6 Å². The van der Waals surface area contributed by atoms with Gasteiger partial charge in [0, 0.05) is 11.1 Å². The van der Waals surface area contributed by atoms with Gasteiger partial charge in [0.1, 0.15) is 0 Å². The van der Waals surface area contributed by atoms with Crippen LogP contribution in [-0.4, -0.2) is 17.6 Å². The molecule has 2 rings (SSSR count). The van der Waals surface area contributed by atoms with Gasteiger partial charge in [-0.3, -0.25) is 0 Å². The molecule has 0 spiro atoms. The maximum atomic E-state index is 11.5. The van der Waals surface area contributed by atoms with Crippen LogP contribution in [0.1, 0.15) is 23.0 Å². The summed E-state index contributed by atoms with van der Waals surface area (Å²) in [6.45, 7) is 2.08. The predicted octanol–water partition coefficient (Wildman–Crippen LogP) is 2.94. The smallest absolute Gasteiger partial charge is 0.357 e. The van der Waals surface area contributed by atoms with Crippen molar-refractivity contribution < 1.29 is 9.53 Å². The number of benzene rings is 1. The van der Waals surface area contributed by atoms with Crippen molar-refractivity contribution in [1.29, 1.82) is 5.26 Å². The third kappa shape index (κ3) is 3.30. The first-order chi connectivity index (χ1) is 9.22. The highest BCUT2D eigenvalue weighted by atomic mass is 32.1. The van der Waals surface area contributed by atoms with E-state index in [-0.39, 0.29) is 0 Å². The summed E-state index contributed by atoms with van der Waals surface area (Å²) in [5, 5.41) is 14.0. The van der Waals surface area contributed by atoms with Crippen LogP contribution < -0.4 is 5.32 Å². The molecule has 0 atom stereocenters. The van der Waals surface area contributed by atoms with Crippen LogP contribution in [0.5, 0.6) is 0 Å². The van der Waals surface area contributed by atoms with Crippen molar-refractivity contribution in [2.75, 3.05) is 11.9 Å². The summed E-state index contributed by atoms with van der Waals surface area (Å²) in [5.74, 6) is -0.424. The number of carbonyl (C=O) groups is 1. The molecule has 0 saturated heterocycles. The fourth-order valence-corrected chi connectivity index (χ4v) is 2.08. The average Bonchev–Trinajstić information content (AvgIpc) is 2.88. The molecular weight excluding hydrogens is 262 g/mol. The van der Waals surface area contributed by atoms with Gasteiger partial charge in [0.05, 0.1) is 18.2 Å². The predicted molar refractivity (Wildman–Crippen MR) is 72.5 cm³/mol. The molecule has 0 bridgehead atoms. The van der Waals surface area contributed by atoms with Gasteiger partial charge in [0.25, 0.3) is 0 Å². The Morgan fingerprint density at radius 2 is 2.21 bits per heavy atom. The Labute approximate surface area is 114 Å². The normalized spacial score (nSPS) is 9.68. The summed E-state index contributed by atoms with van der Waals surface area (Å²) in [6.07, 6.45) is 0. The zero-order chi connectivity index (χ0) is 13.7. The topological polar surface area (TPSA) is 75.0 Å². The second-order valence-corrected chi connectivity index (χ2v) is 4.43. The number of thiazole rings is 1. The summed E-state index contributed by atoms with van der Waals surface area (Å²) >= 11 is 1.32. The number of aromatic nitrogens is 1. The van der Waals surface area contributed by atoms with Crippen molar-refractivity contribution in [3.8, 4) is 6.07 Å². The Bertz CT molecular complexity index is 614. The fourth-order valence-electron chi connectivity index (χ4n) is 1.38. The van der Waals surface area contributed by atoms with Crippen LogP contribution in [0, 0.1) is 11.3 Å². The lowest BCUT2D eigenvalue weighted by atomic mass is 10.2. The van der Waals surface area contributed by atoms with E-state index < -0.39 is 5.97 Å². The Hall–Kier alpha value is -2.39. The molecule has 5 nitrogen and oxygen atoms in total. The first kappa shape index (κ1) is 13.1. The molecule has 2 aromatic rings. The lowest BCUT2D eigenvalue weighted by Crippen LogP contribution is -2.04. The van der Waals surface area contributed by atoms with Crippen LogP contribution in [0.25, 0.3) is 0 Å². The molecule has 0 aliphatic heterocycles. The molecule has 0 saturated carbocycles. The van der Waals surface area contributed by atoms with Gasteiger partial charge in [-0.25, -0.2) is 9.78 Å². The highest BCUT2D eigenvalue weighted by Crippen LogP contribution is 2.21. The highest BCUT2D eigenvalue weighted by Gasteiger charge is 2.11. The average molecular weight is 273 g/mol. The van der Waals surface area contributed by atoms with Gasteiger partial charge in [-0.2, -0.15) is 5.26 Å². The molecule has 1 aromatic carbocycles. The van der Waals surface area contributed by atoms with Crippen molar-refractivity contribution in [3.63, 3.8) is 0 Å². The SMILES string of the molecule is CCOC(=O)c1csc(Nc2ccc(C#N)cc2)n1. The molecule has 1 aromatic heterocycles. The number of esters is 1. The van der Waals surface area contributed by atoms with E-state index in [2.05, 4.69) is 10.3 Å². The summed E-state index contributed by atoms with van der Waals surface area (Å²) in [5.41, 5.74) is 1.70. The fraction of sp³-hybridized carbons (Fsp3) is 0.154. The van der Waals surface area contributed by atoms with Crippen LogP contribution in [-0.2, 0) is 4.74 Å². The van der Waals surface area contributed by atoms with E-state index in [9.17, 15) is 4.79 Å². The maximum absolute atomic E-state index is 11.5. The minimum atomic E-state index is -0.424. The second-order valence-electron chi connectivity index (χ2n) is 3.57. The minimum absolute atomic E-state index is 0.294. The third-order valence-corrected chi connectivity index (χ3v) is 3.01. The highest BCUT2D eigenvalue weighted by molar-refractivity contribution is 7.14. The van der Waals surface area contributed by atoms with Gasteiger partial charge in [0.15, 0.2) is 10.8 Å². The molecule has 1 N–H and O–H groups in total. The number of carbonyl (C=O) groups excluding carboxylic acids is 1. The second kappa shape index (κ2) is 5.98. The number of hydrogen-bond acceptors (Lipinski definition) is 6. The molecule has 0 fully saturated rings. The Balaban J connectivity index is 2.07. The zero-order valence-electron chi connectivity index (χ0n) is 10.2. The minimum Gasteiger partial charge on any atom is -0.461 e. The number of anilines is 2. The van der Waals surface area contributed by atoms with Crippen LogP contribution >= 0.6 is 11.3 Å². The van der Waals surface area contributed by atoms with E-state index in [1.807, 2.05) is 6.07 Å². The first-order valence-electron chi connectivity index (χ1n) is 5.62. The van der Waals surface area contributed by atoms with Crippen molar-refractivity contribution in [2.45, 2.75) is 6.92 Å². The number of rotatable bonds is 4. The summed E-state index contributed by atoms with van der Waals surface area (Å²) in [7, 11) is 0. The number of nitriles is 1. The van der Waals surface area contributed by atoms with Crippen molar-refractivity contribution in [3.05, 3.63) is 40.9 Å². The van der Waals surface area contributed by atoms with Gasteiger partial charge >= 0.3 is 5.97 Å². The summed E-state index contributed by atoms with van der Waals surface area (Å²) in [6, 6.07) is 9.03. The number of nitrogens with zero attached hydrogens (tertiary/aromatic N) is 2. The quantitative estimate of drug-likeness (QED) is 0.867.